The van der Waals surface area contributed by atoms with Gasteiger partial charge in [-0.1, -0.05) is 28.2 Å². The summed E-state index contributed by atoms with van der Waals surface area (Å²) < 4.78 is 5.23. The van der Waals surface area contributed by atoms with Gasteiger partial charge < -0.3 is 4.74 Å². The van der Waals surface area contributed by atoms with E-state index in [2.05, 4.69) is 20.8 Å². The van der Waals surface area contributed by atoms with Crippen molar-refractivity contribution in [3.05, 3.63) is 0 Å². The van der Waals surface area contributed by atoms with E-state index in [1.54, 1.807) is 0 Å². The van der Waals surface area contributed by atoms with Gasteiger partial charge in [0.25, 0.3) is 0 Å². The molecule has 70 valence electrons. The lowest BCUT2D eigenvalue weighted by atomic mass is 9.91. The molecule has 0 spiro atoms. The molecule has 0 saturated heterocycles. The van der Waals surface area contributed by atoms with Gasteiger partial charge in [-0.2, -0.15) is 0 Å². The first-order valence-electron chi connectivity index (χ1n) is 4.14. The smallest absolute Gasteiger partial charge is 0.0466 e. The van der Waals surface area contributed by atoms with Gasteiger partial charge in [0.2, 0.25) is 0 Å². The summed E-state index contributed by atoms with van der Waals surface area (Å²) in [6, 6.07) is 0. The molecule has 0 aromatic heterocycles. The molecule has 0 amide bonds. The summed E-state index contributed by atoms with van der Waals surface area (Å²) in [7, 11) is 0. The first kappa shape index (κ1) is 13.5. The zero-order valence-corrected chi connectivity index (χ0v) is 7.74. The highest BCUT2D eigenvalue weighted by Crippen LogP contribution is 2.19. The summed E-state index contributed by atoms with van der Waals surface area (Å²) in [6.07, 6.45) is 2.45. The van der Waals surface area contributed by atoms with E-state index in [1.165, 1.54) is 12.8 Å². The average Bonchev–Trinajstić information content (AvgIpc) is 1.78. The van der Waals surface area contributed by atoms with E-state index in [9.17, 15) is 0 Å². The monoisotopic (exact) mass is 160 g/mol. The molecule has 0 aliphatic heterocycles. The lowest BCUT2D eigenvalue weighted by molar-refractivity contribution is 0.134. The van der Waals surface area contributed by atoms with Crippen LogP contribution in [-0.4, -0.2) is 13.2 Å². The predicted molar refractivity (Wildman–Crippen MR) is 51.9 cm³/mol. The Morgan fingerprint density at radius 2 is 1.73 bits per heavy atom. The molecule has 1 nitrogen and oxygen atoms in total. The van der Waals surface area contributed by atoms with Crippen molar-refractivity contribution >= 4 is 0 Å². The van der Waals surface area contributed by atoms with Crippen molar-refractivity contribution in [1.82, 2.24) is 0 Å². The Morgan fingerprint density at radius 3 is 2.09 bits per heavy atom. The molecular formula is C10H24O. The van der Waals surface area contributed by atoms with E-state index >= 15 is 0 Å². The molecule has 11 heavy (non-hydrogen) atoms. The van der Waals surface area contributed by atoms with Crippen LogP contribution in [0.2, 0.25) is 0 Å². The zero-order chi connectivity index (χ0) is 8.04. The number of rotatable bonds is 4. The van der Waals surface area contributed by atoms with Crippen LogP contribution in [0.15, 0.2) is 0 Å². The summed E-state index contributed by atoms with van der Waals surface area (Å²) in [6.45, 7) is 10.6. The maximum Gasteiger partial charge on any atom is 0.0466 e. The molecule has 0 aromatic rings. The van der Waals surface area contributed by atoms with E-state index in [4.69, 9.17) is 4.74 Å². The van der Waals surface area contributed by atoms with Gasteiger partial charge >= 0.3 is 0 Å². The Balaban J connectivity index is 0. The van der Waals surface area contributed by atoms with Crippen molar-refractivity contribution in [2.24, 2.45) is 5.41 Å². The third-order valence-corrected chi connectivity index (χ3v) is 1.42. The Bertz CT molecular complexity index is 71.4. The maximum absolute atomic E-state index is 5.23. The Morgan fingerprint density at radius 1 is 1.18 bits per heavy atom. The van der Waals surface area contributed by atoms with Crippen LogP contribution >= 0.6 is 0 Å². The molecule has 0 aliphatic rings. The first-order chi connectivity index (χ1) is 4.56. The predicted octanol–water partition coefficient (Wildman–Crippen LogP) is 3.49. The fourth-order valence-electron chi connectivity index (χ4n) is 0.849. The zero-order valence-electron chi connectivity index (χ0n) is 7.74. The summed E-state index contributed by atoms with van der Waals surface area (Å²) in [4.78, 5) is 0. The topological polar surface area (TPSA) is 9.23 Å². The summed E-state index contributed by atoms with van der Waals surface area (Å²) in [5.74, 6) is 0. The standard InChI is InChI=1S/C9H20O.CH4/c1-5-10-8-6-7-9(2,3)4;/h5-8H2,1-4H3;1H4. The van der Waals surface area contributed by atoms with Gasteiger partial charge in [0.1, 0.15) is 0 Å². The Kier molecular flexibility index (Phi) is 8.20. The minimum Gasteiger partial charge on any atom is -0.382 e. The van der Waals surface area contributed by atoms with Crippen molar-refractivity contribution in [3.8, 4) is 0 Å². The van der Waals surface area contributed by atoms with Gasteiger partial charge in [0.05, 0.1) is 0 Å². The highest BCUT2D eigenvalue weighted by atomic mass is 16.5. The van der Waals surface area contributed by atoms with Gasteiger partial charge in [0.15, 0.2) is 0 Å². The van der Waals surface area contributed by atoms with Gasteiger partial charge in [-0.15, -0.1) is 0 Å². The second-order valence-electron chi connectivity index (χ2n) is 3.86. The quantitative estimate of drug-likeness (QED) is 0.572. The average molecular weight is 160 g/mol. The summed E-state index contributed by atoms with van der Waals surface area (Å²) >= 11 is 0. The van der Waals surface area contributed by atoms with Crippen molar-refractivity contribution in [2.75, 3.05) is 13.2 Å². The minimum atomic E-state index is 0. The number of ether oxygens (including phenoxy) is 1. The third-order valence-electron chi connectivity index (χ3n) is 1.42. The van der Waals surface area contributed by atoms with Gasteiger partial charge in [0, 0.05) is 13.2 Å². The SMILES string of the molecule is C.CCOCCCC(C)(C)C. The fourth-order valence-corrected chi connectivity index (χ4v) is 0.849. The van der Waals surface area contributed by atoms with Gasteiger partial charge in [-0.3, -0.25) is 0 Å². The maximum atomic E-state index is 5.23. The first-order valence-corrected chi connectivity index (χ1v) is 4.14. The highest BCUT2D eigenvalue weighted by molar-refractivity contribution is 4.60. The van der Waals surface area contributed by atoms with E-state index in [0.29, 0.717) is 5.41 Å². The van der Waals surface area contributed by atoms with Crippen LogP contribution in [0.1, 0.15) is 48.0 Å². The molecule has 0 atom stereocenters. The molecule has 0 saturated carbocycles. The largest absolute Gasteiger partial charge is 0.382 e. The van der Waals surface area contributed by atoms with Crippen molar-refractivity contribution in [2.45, 2.75) is 48.0 Å². The van der Waals surface area contributed by atoms with Crippen LogP contribution in [0.25, 0.3) is 0 Å². The van der Waals surface area contributed by atoms with E-state index in [0.717, 1.165) is 13.2 Å². The van der Waals surface area contributed by atoms with E-state index in [1.807, 2.05) is 6.92 Å². The lowest BCUT2D eigenvalue weighted by Crippen LogP contribution is -2.06. The van der Waals surface area contributed by atoms with E-state index in [-0.39, 0.29) is 7.43 Å². The molecule has 0 aromatic carbocycles. The molecule has 1 heteroatoms. The third kappa shape index (κ3) is 13.0. The summed E-state index contributed by atoms with van der Waals surface area (Å²) in [5.41, 5.74) is 0.469. The van der Waals surface area contributed by atoms with Crippen LogP contribution in [0.4, 0.5) is 0 Å². The van der Waals surface area contributed by atoms with Crippen molar-refractivity contribution in [1.29, 1.82) is 0 Å². The lowest BCUT2D eigenvalue weighted by Gasteiger charge is -2.17. The second kappa shape index (κ2) is 6.66. The van der Waals surface area contributed by atoms with Crippen molar-refractivity contribution in [3.63, 3.8) is 0 Å². The van der Waals surface area contributed by atoms with Crippen LogP contribution in [-0.2, 0) is 4.74 Å². The number of hydrogen-bond acceptors (Lipinski definition) is 1. The molecular weight excluding hydrogens is 136 g/mol. The Hall–Kier alpha value is -0.0400. The highest BCUT2D eigenvalue weighted by Gasteiger charge is 2.08. The molecule has 0 heterocycles. The fraction of sp³-hybridized carbons (Fsp3) is 1.00. The second-order valence-corrected chi connectivity index (χ2v) is 3.86. The minimum absolute atomic E-state index is 0. The van der Waals surface area contributed by atoms with Crippen LogP contribution in [0.5, 0.6) is 0 Å². The molecule has 0 rings (SSSR count). The Labute approximate surface area is 72.1 Å². The number of hydrogen-bond donors (Lipinski definition) is 0. The van der Waals surface area contributed by atoms with Crippen LogP contribution in [0, 0.1) is 5.41 Å². The molecule has 0 unspecified atom stereocenters. The van der Waals surface area contributed by atoms with Crippen LogP contribution in [0.3, 0.4) is 0 Å². The molecule has 0 radical (unpaired) electrons. The normalized spacial score (nSPS) is 10.9. The van der Waals surface area contributed by atoms with Crippen molar-refractivity contribution < 1.29 is 4.74 Å². The summed E-state index contributed by atoms with van der Waals surface area (Å²) in [5, 5.41) is 0. The van der Waals surface area contributed by atoms with E-state index < -0.39 is 0 Å². The van der Waals surface area contributed by atoms with Gasteiger partial charge in [-0.05, 0) is 25.2 Å². The molecule has 0 aliphatic carbocycles. The molecule has 0 N–H and O–H groups in total. The van der Waals surface area contributed by atoms with Gasteiger partial charge in [-0.25, -0.2) is 0 Å². The molecule has 0 bridgehead atoms. The molecule has 0 fully saturated rings. The van der Waals surface area contributed by atoms with Crippen LogP contribution < -0.4 is 0 Å².